The molecule has 0 spiro atoms. The minimum absolute atomic E-state index is 0.248. The summed E-state index contributed by atoms with van der Waals surface area (Å²) in [4.78, 5) is 16.9. The van der Waals surface area contributed by atoms with E-state index in [1.54, 1.807) is 42.5 Å². The highest BCUT2D eigenvalue weighted by Gasteiger charge is 2.06. The molecule has 136 valence electrons. The summed E-state index contributed by atoms with van der Waals surface area (Å²) in [7, 11) is 0. The molecular formula is C18H18Cl2N4O2. The average molecular weight is 393 g/mol. The van der Waals surface area contributed by atoms with Crippen LogP contribution in [0.4, 0.5) is 5.69 Å². The summed E-state index contributed by atoms with van der Waals surface area (Å²) in [6.45, 7) is 7.39. The number of carbonyl (C=O) groups excluding carboxylic acids is 1. The van der Waals surface area contributed by atoms with Crippen LogP contribution in [0.3, 0.4) is 0 Å². The van der Waals surface area contributed by atoms with E-state index in [4.69, 9.17) is 33.8 Å². The zero-order valence-corrected chi connectivity index (χ0v) is 15.3. The SMILES string of the molecule is C=C(NNC(=O)CONC(=C)c1ccc(Cl)c(Cl)c1)c1ccc(N)cc1. The van der Waals surface area contributed by atoms with E-state index in [2.05, 4.69) is 29.5 Å². The van der Waals surface area contributed by atoms with Gasteiger partial charge in [0.25, 0.3) is 5.91 Å². The van der Waals surface area contributed by atoms with Crippen LogP contribution < -0.4 is 22.1 Å². The number of nitrogens with two attached hydrogens (primary N) is 1. The minimum atomic E-state index is -0.406. The number of nitrogens with one attached hydrogen (secondary N) is 3. The molecule has 0 aliphatic rings. The quantitative estimate of drug-likeness (QED) is 0.408. The molecule has 2 aromatic rings. The summed E-state index contributed by atoms with van der Waals surface area (Å²) >= 11 is 11.8. The summed E-state index contributed by atoms with van der Waals surface area (Å²) in [5, 5.41) is 0.839. The van der Waals surface area contributed by atoms with E-state index in [1.165, 1.54) is 0 Å². The van der Waals surface area contributed by atoms with Crippen LogP contribution in [0.15, 0.2) is 55.6 Å². The molecule has 8 heteroatoms. The number of benzene rings is 2. The Bertz CT molecular complexity index is 822. The van der Waals surface area contributed by atoms with E-state index < -0.39 is 5.91 Å². The molecule has 26 heavy (non-hydrogen) atoms. The molecule has 0 aliphatic heterocycles. The van der Waals surface area contributed by atoms with Gasteiger partial charge in [0, 0.05) is 11.3 Å². The fourth-order valence-corrected chi connectivity index (χ4v) is 2.17. The van der Waals surface area contributed by atoms with Gasteiger partial charge in [-0.3, -0.25) is 26.0 Å². The molecule has 0 heterocycles. The van der Waals surface area contributed by atoms with Crippen molar-refractivity contribution in [3.8, 4) is 0 Å². The van der Waals surface area contributed by atoms with Crippen molar-refractivity contribution in [2.75, 3.05) is 12.3 Å². The molecule has 0 fully saturated rings. The van der Waals surface area contributed by atoms with Crippen molar-refractivity contribution in [2.45, 2.75) is 0 Å². The minimum Gasteiger partial charge on any atom is -0.399 e. The zero-order chi connectivity index (χ0) is 19.1. The Kier molecular flexibility index (Phi) is 6.91. The third-order valence-electron chi connectivity index (χ3n) is 3.28. The second-order valence-electron chi connectivity index (χ2n) is 5.27. The van der Waals surface area contributed by atoms with Gasteiger partial charge in [0.15, 0.2) is 6.61 Å². The lowest BCUT2D eigenvalue weighted by molar-refractivity contribution is -0.127. The van der Waals surface area contributed by atoms with Crippen molar-refractivity contribution in [3.05, 3.63) is 76.8 Å². The highest BCUT2D eigenvalue weighted by Crippen LogP contribution is 2.24. The van der Waals surface area contributed by atoms with E-state index in [9.17, 15) is 4.79 Å². The lowest BCUT2D eigenvalue weighted by atomic mass is 10.2. The molecule has 0 bridgehead atoms. The van der Waals surface area contributed by atoms with Gasteiger partial charge in [0.1, 0.15) is 0 Å². The number of hydrogen-bond acceptors (Lipinski definition) is 5. The Morgan fingerprint density at radius 2 is 1.62 bits per heavy atom. The lowest BCUT2D eigenvalue weighted by Gasteiger charge is -2.13. The smallest absolute Gasteiger partial charge is 0.267 e. The number of anilines is 1. The number of hydrogen-bond donors (Lipinski definition) is 4. The second-order valence-corrected chi connectivity index (χ2v) is 6.09. The van der Waals surface area contributed by atoms with E-state index in [0.717, 1.165) is 5.56 Å². The molecule has 1 amide bonds. The number of halogens is 2. The van der Waals surface area contributed by atoms with Crippen LogP contribution in [0.2, 0.25) is 10.0 Å². The van der Waals surface area contributed by atoms with Crippen LogP contribution in [0.25, 0.3) is 11.4 Å². The van der Waals surface area contributed by atoms with Gasteiger partial charge in [-0.1, -0.05) is 54.6 Å². The van der Waals surface area contributed by atoms with Crippen LogP contribution in [-0.2, 0) is 9.63 Å². The molecular weight excluding hydrogens is 375 g/mol. The van der Waals surface area contributed by atoms with Crippen LogP contribution in [0.1, 0.15) is 11.1 Å². The molecule has 0 unspecified atom stereocenters. The summed E-state index contributed by atoms with van der Waals surface area (Å²) in [5.41, 5.74) is 16.5. The lowest BCUT2D eigenvalue weighted by Crippen LogP contribution is -2.39. The van der Waals surface area contributed by atoms with Gasteiger partial charge in [-0.2, -0.15) is 0 Å². The first-order valence-corrected chi connectivity index (χ1v) is 8.24. The van der Waals surface area contributed by atoms with Gasteiger partial charge in [-0.15, -0.1) is 0 Å². The zero-order valence-electron chi connectivity index (χ0n) is 13.8. The Balaban J connectivity index is 1.73. The number of hydroxylamine groups is 1. The van der Waals surface area contributed by atoms with Gasteiger partial charge in [0.2, 0.25) is 0 Å². The second kappa shape index (κ2) is 9.15. The van der Waals surface area contributed by atoms with E-state index in [1.807, 2.05) is 0 Å². The molecule has 5 N–H and O–H groups in total. The van der Waals surface area contributed by atoms with Crippen molar-refractivity contribution < 1.29 is 9.63 Å². The van der Waals surface area contributed by atoms with Crippen molar-refractivity contribution in [3.63, 3.8) is 0 Å². The Morgan fingerprint density at radius 1 is 0.962 bits per heavy atom. The molecule has 0 aliphatic carbocycles. The first-order chi connectivity index (χ1) is 12.4. The third kappa shape index (κ3) is 5.70. The van der Waals surface area contributed by atoms with Gasteiger partial charge < -0.3 is 5.73 Å². The molecule has 6 nitrogen and oxygen atoms in total. The highest BCUT2D eigenvalue weighted by atomic mass is 35.5. The molecule has 0 saturated heterocycles. The van der Waals surface area contributed by atoms with E-state index in [-0.39, 0.29) is 6.61 Å². The number of nitrogen functional groups attached to an aromatic ring is 1. The molecule has 0 radical (unpaired) electrons. The van der Waals surface area contributed by atoms with Gasteiger partial charge in [-0.05, 0) is 29.8 Å². The van der Waals surface area contributed by atoms with E-state index >= 15 is 0 Å². The maximum Gasteiger partial charge on any atom is 0.267 e. The van der Waals surface area contributed by atoms with Crippen LogP contribution in [0, 0.1) is 0 Å². The fourth-order valence-electron chi connectivity index (χ4n) is 1.87. The molecule has 0 saturated carbocycles. The van der Waals surface area contributed by atoms with Crippen LogP contribution in [0.5, 0.6) is 0 Å². The van der Waals surface area contributed by atoms with Crippen LogP contribution >= 0.6 is 23.2 Å². The predicted molar refractivity (Wildman–Crippen MR) is 106 cm³/mol. The summed E-state index contributed by atoms with van der Waals surface area (Å²) in [5.74, 6) is -0.406. The van der Waals surface area contributed by atoms with E-state index in [0.29, 0.717) is 32.7 Å². The Hall–Kier alpha value is -2.67. The highest BCUT2D eigenvalue weighted by molar-refractivity contribution is 6.42. The number of rotatable bonds is 8. The largest absolute Gasteiger partial charge is 0.399 e. The van der Waals surface area contributed by atoms with Crippen LogP contribution in [-0.4, -0.2) is 12.5 Å². The number of amides is 1. The van der Waals surface area contributed by atoms with Crippen molar-refractivity contribution >= 4 is 46.2 Å². The predicted octanol–water partition coefficient (Wildman–Crippen LogP) is 3.36. The third-order valence-corrected chi connectivity index (χ3v) is 4.02. The maximum atomic E-state index is 11.8. The Labute approximate surface area is 161 Å². The maximum absolute atomic E-state index is 11.8. The van der Waals surface area contributed by atoms with Crippen molar-refractivity contribution in [1.29, 1.82) is 0 Å². The van der Waals surface area contributed by atoms with Crippen molar-refractivity contribution in [2.24, 2.45) is 0 Å². The summed E-state index contributed by atoms with van der Waals surface area (Å²) in [6, 6.07) is 12.1. The number of carbonyl (C=O) groups is 1. The monoisotopic (exact) mass is 392 g/mol. The van der Waals surface area contributed by atoms with Gasteiger partial charge in [-0.25, -0.2) is 0 Å². The molecule has 2 rings (SSSR count). The Morgan fingerprint density at radius 3 is 2.27 bits per heavy atom. The first kappa shape index (κ1) is 19.7. The molecule has 2 aromatic carbocycles. The summed E-state index contributed by atoms with van der Waals surface area (Å²) < 4.78 is 0. The summed E-state index contributed by atoms with van der Waals surface area (Å²) in [6.07, 6.45) is 0. The molecule has 0 aromatic heterocycles. The topological polar surface area (TPSA) is 88.4 Å². The normalized spacial score (nSPS) is 10.1. The number of hydrazine groups is 1. The van der Waals surface area contributed by atoms with Gasteiger partial charge >= 0.3 is 0 Å². The van der Waals surface area contributed by atoms with Gasteiger partial charge in [0.05, 0.1) is 21.4 Å². The standard InChI is InChI=1S/C18H18Cl2N4O2/c1-11(13-3-6-15(21)7-4-13)22-23-18(25)10-26-24-12(2)14-5-8-16(19)17(20)9-14/h3-9,22,24H,1-2,10,21H2,(H,23,25). The fraction of sp³-hybridized carbons (Fsp3) is 0.0556. The first-order valence-electron chi connectivity index (χ1n) is 7.48. The average Bonchev–Trinajstić information content (AvgIpc) is 2.62. The molecule has 0 atom stereocenters. The van der Waals surface area contributed by atoms with Crippen molar-refractivity contribution in [1.82, 2.24) is 16.3 Å².